The van der Waals surface area contributed by atoms with E-state index in [0.717, 1.165) is 0 Å². The van der Waals surface area contributed by atoms with Crippen LogP contribution in [0.4, 0.5) is 0 Å². The second-order valence-corrected chi connectivity index (χ2v) is 8.38. The first-order chi connectivity index (χ1) is 11.6. The van der Waals surface area contributed by atoms with E-state index in [1.165, 1.54) is 23.1 Å². The molecule has 0 aromatic rings. The van der Waals surface area contributed by atoms with E-state index in [4.69, 9.17) is 0 Å². The number of sulfonamides is 1. The highest BCUT2D eigenvalue weighted by Crippen LogP contribution is 2.22. The van der Waals surface area contributed by atoms with Crippen molar-refractivity contribution in [3.8, 4) is 0 Å². The molecule has 10 heteroatoms. The molecule has 144 valence electrons. The molecule has 2 amide bonds. The van der Waals surface area contributed by atoms with Gasteiger partial charge in [-0.15, -0.1) is 0 Å². The second kappa shape index (κ2) is 9.14. The van der Waals surface area contributed by atoms with Gasteiger partial charge in [-0.2, -0.15) is 0 Å². The van der Waals surface area contributed by atoms with Gasteiger partial charge in [-0.25, -0.2) is 17.5 Å². The number of nitrogens with one attached hydrogen (secondary N) is 1. The largest absolute Gasteiger partial charge is 0.480 e. The molecule has 25 heavy (non-hydrogen) atoms. The van der Waals surface area contributed by atoms with Gasteiger partial charge in [-0.05, 0) is 26.7 Å². The van der Waals surface area contributed by atoms with E-state index >= 15 is 0 Å². The molecule has 1 rings (SSSR count). The van der Waals surface area contributed by atoms with E-state index in [-0.39, 0.29) is 31.3 Å². The first-order valence-corrected chi connectivity index (χ1v) is 9.96. The molecule has 1 heterocycles. The quantitative estimate of drug-likeness (QED) is 0.587. The summed E-state index contributed by atoms with van der Waals surface area (Å²) in [6.45, 7) is 4.93. The van der Waals surface area contributed by atoms with E-state index in [1.54, 1.807) is 6.92 Å². The van der Waals surface area contributed by atoms with Crippen LogP contribution in [-0.4, -0.2) is 78.5 Å². The maximum Gasteiger partial charge on any atom is 0.326 e. The predicted octanol–water partition coefficient (Wildman–Crippen LogP) is -0.514. The number of nitrogens with zero attached hydrogens (tertiary/aromatic N) is 2. The lowest BCUT2D eigenvalue weighted by Crippen LogP contribution is -2.52. The number of amides is 2. The van der Waals surface area contributed by atoms with Crippen LogP contribution in [0.1, 0.15) is 33.6 Å². The van der Waals surface area contributed by atoms with Gasteiger partial charge in [0.25, 0.3) is 0 Å². The van der Waals surface area contributed by atoms with Gasteiger partial charge < -0.3 is 15.3 Å². The molecule has 1 aliphatic rings. The molecule has 0 bridgehead atoms. The third kappa shape index (κ3) is 5.96. The zero-order chi connectivity index (χ0) is 19.2. The number of aliphatic carboxylic acids is 1. The molecular weight excluding hydrogens is 350 g/mol. The Balaban J connectivity index is 2.88. The minimum absolute atomic E-state index is 0.0360. The Morgan fingerprint density at radius 2 is 2.00 bits per heavy atom. The maximum atomic E-state index is 12.8. The van der Waals surface area contributed by atoms with E-state index in [9.17, 15) is 27.9 Å². The smallest absolute Gasteiger partial charge is 0.326 e. The van der Waals surface area contributed by atoms with Crippen LogP contribution in [-0.2, 0) is 24.4 Å². The van der Waals surface area contributed by atoms with Gasteiger partial charge in [0.05, 0.1) is 11.7 Å². The first-order valence-electron chi connectivity index (χ1n) is 8.35. The van der Waals surface area contributed by atoms with Crippen LogP contribution < -0.4 is 5.32 Å². The normalized spacial score (nSPS) is 19.9. The molecule has 2 N–H and O–H groups in total. The number of carboxylic acids is 1. The van der Waals surface area contributed by atoms with Crippen LogP contribution in [0.2, 0.25) is 0 Å². The summed E-state index contributed by atoms with van der Waals surface area (Å²) < 4.78 is 25.4. The van der Waals surface area contributed by atoms with Crippen molar-refractivity contribution in [3.05, 3.63) is 0 Å². The van der Waals surface area contributed by atoms with E-state index in [2.05, 4.69) is 5.32 Å². The van der Waals surface area contributed by atoms with Crippen LogP contribution in [0.15, 0.2) is 0 Å². The lowest BCUT2D eigenvalue weighted by molar-refractivity contribution is -0.151. The summed E-state index contributed by atoms with van der Waals surface area (Å²) in [5, 5.41) is 11.8. The molecule has 0 aliphatic carbocycles. The number of carboxylic acid groups (broad SMARTS) is 1. The highest BCUT2D eigenvalue weighted by Gasteiger charge is 2.36. The average molecular weight is 377 g/mol. The Kier molecular flexibility index (Phi) is 7.81. The van der Waals surface area contributed by atoms with Crippen molar-refractivity contribution < 1.29 is 27.9 Å². The van der Waals surface area contributed by atoms with Crippen LogP contribution >= 0.6 is 0 Å². The molecule has 0 aromatic carbocycles. The lowest BCUT2D eigenvalue weighted by atomic mass is 9.97. The van der Waals surface area contributed by atoms with Crippen molar-refractivity contribution in [2.75, 3.05) is 31.9 Å². The van der Waals surface area contributed by atoms with Crippen LogP contribution in [0.3, 0.4) is 0 Å². The highest BCUT2D eigenvalue weighted by molar-refractivity contribution is 7.89. The molecule has 1 saturated heterocycles. The fourth-order valence-corrected chi connectivity index (χ4v) is 3.97. The lowest BCUT2D eigenvalue weighted by Gasteiger charge is -2.35. The first kappa shape index (κ1) is 21.4. The fraction of sp³-hybridized carbons (Fsp3) is 0.800. The van der Waals surface area contributed by atoms with Crippen molar-refractivity contribution >= 4 is 27.8 Å². The number of piperidine rings is 1. The molecule has 9 nitrogen and oxygen atoms in total. The molecule has 1 aliphatic heterocycles. The van der Waals surface area contributed by atoms with Gasteiger partial charge in [0.2, 0.25) is 21.8 Å². The summed E-state index contributed by atoms with van der Waals surface area (Å²) >= 11 is 0. The van der Waals surface area contributed by atoms with Crippen LogP contribution in [0, 0.1) is 5.92 Å². The van der Waals surface area contributed by atoms with Crippen LogP contribution in [0.25, 0.3) is 0 Å². The average Bonchev–Trinajstić information content (AvgIpc) is 2.57. The Morgan fingerprint density at radius 1 is 1.36 bits per heavy atom. The summed E-state index contributed by atoms with van der Waals surface area (Å²) in [6.07, 6.45) is 1.06. The standard InChI is InChI=1S/C15H27N3O6S/c1-4-25(23,24)17-8-5-6-13(10-17)14(20)18(11(2)15(21)22)9-7-16-12(3)19/h11,13H,4-10H2,1-3H3,(H,16,19)(H,21,22). The van der Waals surface area contributed by atoms with Gasteiger partial charge in [0.15, 0.2) is 0 Å². The molecule has 0 radical (unpaired) electrons. The van der Waals surface area contributed by atoms with Gasteiger partial charge in [0, 0.05) is 33.1 Å². The van der Waals surface area contributed by atoms with Gasteiger partial charge in [-0.1, -0.05) is 0 Å². The van der Waals surface area contributed by atoms with E-state index < -0.39 is 33.9 Å². The maximum absolute atomic E-state index is 12.8. The van der Waals surface area contributed by atoms with Gasteiger partial charge in [0.1, 0.15) is 6.04 Å². The van der Waals surface area contributed by atoms with Crippen molar-refractivity contribution in [2.45, 2.75) is 39.7 Å². The monoisotopic (exact) mass is 377 g/mol. The van der Waals surface area contributed by atoms with Crippen molar-refractivity contribution in [3.63, 3.8) is 0 Å². The number of rotatable bonds is 8. The van der Waals surface area contributed by atoms with Crippen molar-refractivity contribution in [1.29, 1.82) is 0 Å². The summed E-state index contributed by atoms with van der Waals surface area (Å²) in [5.74, 6) is -2.42. The molecule has 2 atom stereocenters. The zero-order valence-corrected chi connectivity index (χ0v) is 15.7. The topological polar surface area (TPSA) is 124 Å². The number of carbonyl (C=O) groups excluding carboxylic acids is 2. The summed E-state index contributed by atoms with van der Waals surface area (Å²) in [6, 6.07) is -1.06. The van der Waals surface area contributed by atoms with Gasteiger partial charge >= 0.3 is 5.97 Å². The van der Waals surface area contributed by atoms with Crippen molar-refractivity contribution in [1.82, 2.24) is 14.5 Å². The molecule has 1 fully saturated rings. The highest BCUT2D eigenvalue weighted by atomic mass is 32.2. The van der Waals surface area contributed by atoms with Gasteiger partial charge in [-0.3, -0.25) is 9.59 Å². The fourth-order valence-electron chi connectivity index (χ4n) is 2.79. The number of hydrogen-bond donors (Lipinski definition) is 2. The Labute approximate surface area is 148 Å². The van der Waals surface area contributed by atoms with Crippen molar-refractivity contribution in [2.24, 2.45) is 5.92 Å². The summed E-state index contributed by atoms with van der Waals surface area (Å²) in [7, 11) is -3.39. The Hall–Kier alpha value is -1.68. The third-order valence-corrected chi connectivity index (χ3v) is 6.17. The summed E-state index contributed by atoms with van der Waals surface area (Å²) in [5.41, 5.74) is 0. The predicted molar refractivity (Wildman–Crippen MR) is 91.3 cm³/mol. The molecular formula is C15H27N3O6S. The summed E-state index contributed by atoms with van der Waals surface area (Å²) in [4.78, 5) is 36.3. The minimum atomic E-state index is -3.39. The second-order valence-electron chi connectivity index (χ2n) is 6.13. The Bertz CT molecular complexity index is 606. The minimum Gasteiger partial charge on any atom is -0.480 e. The number of hydrogen-bond acceptors (Lipinski definition) is 5. The Morgan fingerprint density at radius 3 is 2.52 bits per heavy atom. The van der Waals surface area contributed by atoms with E-state index in [0.29, 0.717) is 19.4 Å². The molecule has 0 aromatic heterocycles. The molecule has 0 saturated carbocycles. The SMILES string of the molecule is CCS(=O)(=O)N1CCCC(C(=O)N(CCNC(C)=O)C(C)C(=O)O)C1. The molecule has 2 unspecified atom stereocenters. The third-order valence-electron chi connectivity index (χ3n) is 4.33. The van der Waals surface area contributed by atoms with E-state index in [1.807, 2.05) is 0 Å². The van der Waals surface area contributed by atoms with Crippen LogP contribution in [0.5, 0.6) is 0 Å². The molecule has 0 spiro atoms. The number of carbonyl (C=O) groups is 3. The zero-order valence-electron chi connectivity index (χ0n) is 14.9.